The first-order valence-corrected chi connectivity index (χ1v) is 9.98. The molecule has 0 saturated heterocycles. The van der Waals surface area contributed by atoms with Crippen molar-refractivity contribution in [1.29, 1.82) is 0 Å². The molecule has 0 amide bonds. The van der Waals surface area contributed by atoms with Gasteiger partial charge >= 0.3 is 0 Å². The van der Waals surface area contributed by atoms with Crippen LogP contribution in [0.15, 0.2) is 94.3 Å². The Labute approximate surface area is 154 Å². The Balaban J connectivity index is 2.09. The van der Waals surface area contributed by atoms with Crippen molar-refractivity contribution in [2.75, 3.05) is 0 Å². The Morgan fingerprint density at radius 2 is 1.40 bits per heavy atom. The Morgan fingerprint density at radius 1 is 0.760 bits per heavy atom. The molecule has 1 heterocycles. The Bertz CT molecular complexity index is 1160. The van der Waals surface area contributed by atoms with Crippen molar-refractivity contribution in [3.63, 3.8) is 0 Å². The first-order valence-electron chi connectivity index (χ1n) is 7.75. The number of para-hydroxylation sites is 1. The molecule has 0 aliphatic rings. The van der Waals surface area contributed by atoms with E-state index in [9.17, 15) is 8.42 Å². The van der Waals surface area contributed by atoms with Crippen molar-refractivity contribution in [3.05, 3.63) is 89.4 Å². The van der Waals surface area contributed by atoms with Crippen molar-refractivity contribution in [1.82, 2.24) is 3.97 Å². The molecular formula is C20H14BrNO2S. The van der Waals surface area contributed by atoms with Gasteiger partial charge in [-0.25, -0.2) is 12.4 Å². The van der Waals surface area contributed by atoms with E-state index >= 15 is 0 Å². The zero-order valence-electron chi connectivity index (χ0n) is 13.1. The number of nitrogens with zero attached hydrogens (tertiary/aromatic N) is 1. The third kappa shape index (κ3) is 2.69. The first-order chi connectivity index (χ1) is 12.1. The van der Waals surface area contributed by atoms with Crippen LogP contribution in [0.1, 0.15) is 0 Å². The highest BCUT2D eigenvalue weighted by Crippen LogP contribution is 2.33. The molecule has 0 saturated carbocycles. The number of halogens is 1. The van der Waals surface area contributed by atoms with E-state index in [1.165, 1.54) is 3.97 Å². The van der Waals surface area contributed by atoms with Crippen molar-refractivity contribution >= 4 is 36.9 Å². The molecule has 3 nitrogen and oxygen atoms in total. The van der Waals surface area contributed by atoms with Crippen LogP contribution >= 0.6 is 15.9 Å². The van der Waals surface area contributed by atoms with E-state index in [0.717, 1.165) is 10.9 Å². The lowest BCUT2D eigenvalue weighted by molar-refractivity contribution is 0.589. The second kappa shape index (κ2) is 6.17. The minimum atomic E-state index is -3.76. The van der Waals surface area contributed by atoms with E-state index < -0.39 is 10.0 Å². The first kappa shape index (κ1) is 16.1. The molecule has 0 radical (unpaired) electrons. The lowest BCUT2D eigenvalue weighted by Crippen LogP contribution is -2.14. The molecule has 4 rings (SSSR count). The van der Waals surface area contributed by atoms with Crippen LogP contribution < -0.4 is 0 Å². The second-order valence-electron chi connectivity index (χ2n) is 5.65. The molecule has 3 aromatic carbocycles. The zero-order chi connectivity index (χ0) is 17.4. The maximum atomic E-state index is 13.5. The standard InChI is InChI=1S/C20H14BrNO2S/c21-17-11-5-7-13-20(17)25(23,24)22-18-12-6-4-10-16(18)14-19(22)15-8-2-1-3-9-15/h1-14H. The number of benzene rings is 3. The van der Waals surface area contributed by atoms with Crippen LogP contribution in [-0.2, 0) is 10.0 Å². The van der Waals surface area contributed by atoms with E-state index in [1.807, 2.05) is 60.7 Å². The molecule has 0 aliphatic heterocycles. The molecule has 0 spiro atoms. The van der Waals surface area contributed by atoms with Crippen molar-refractivity contribution in [2.24, 2.45) is 0 Å². The van der Waals surface area contributed by atoms with Gasteiger partial charge < -0.3 is 0 Å². The largest absolute Gasteiger partial charge is 0.269 e. The number of fused-ring (bicyclic) bond motifs is 1. The van der Waals surface area contributed by atoms with Gasteiger partial charge in [0.15, 0.2) is 0 Å². The summed E-state index contributed by atoms with van der Waals surface area (Å²) in [4.78, 5) is 0.244. The molecule has 124 valence electrons. The lowest BCUT2D eigenvalue weighted by Gasteiger charge is -2.13. The summed E-state index contributed by atoms with van der Waals surface area (Å²) >= 11 is 3.37. The molecule has 0 fully saturated rings. The fourth-order valence-electron chi connectivity index (χ4n) is 2.95. The summed E-state index contributed by atoms with van der Waals surface area (Å²) in [5.41, 5.74) is 2.17. The van der Waals surface area contributed by atoms with E-state index in [0.29, 0.717) is 15.7 Å². The van der Waals surface area contributed by atoms with E-state index in [1.54, 1.807) is 24.3 Å². The third-order valence-electron chi connectivity index (χ3n) is 4.09. The Morgan fingerprint density at radius 3 is 2.16 bits per heavy atom. The molecule has 0 N–H and O–H groups in total. The molecule has 0 aliphatic carbocycles. The van der Waals surface area contributed by atoms with Gasteiger partial charge in [-0.1, -0.05) is 60.7 Å². The van der Waals surface area contributed by atoms with Crippen LogP contribution in [0.3, 0.4) is 0 Å². The summed E-state index contributed by atoms with van der Waals surface area (Å²) in [5.74, 6) is 0. The fraction of sp³-hybridized carbons (Fsp3) is 0. The summed E-state index contributed by atoms with van der Waals surface area (Å²) < 4.78 is 28.9. The summed E-state index contributed by atoms with van der Waals surface area (Å²) in [6, 6.07) is 25.9. The normalized spacial score (nSPS) is 11.7. The van der Waals surface area contributed by atoms with Gasteiger partial charge in [-0.2, -0.15) is 0 Å². The minimum Gasteiger partial charge on any atom is -0.233 e. The highest BCUT2D eigenvalue weighted by atomic mass is 79.9. The van der Waals surface area contributed by atoms with Gasteiger partial charge in [0.2, 0.25) is 0 Å². The summed E-state index contributed by atoms with van der Waals surface area (Å²) in [5, 5.41) is 0.886. The van der Waals surface area contributed by atoms with Crippen molar-refractivity contribution in [3.8, 4) is 11.3 Å². The topological polar surface area (TPSA) is 39.1 Å². The average Bonchev–Trinajstić information content (AvgIpc) is 3.03. The highest BCUT2D eigenvalue weighted by Gasteiger charge is 2.25. The van der Waals surface area contributed by atoms with Gasteiger partial charge in [0.25, 0.3) is 10.0 Å². The Hall–Kier alpha value is -2.37. The number of aromatic nitrogens is 1. The monoisotopic (exact) mass is 411 g/mol. The van der Waals surface area contributed by atoms with Gasteiger partial charge in [0.1, 0.15) is 4.90 Å². The van der Waals surface area contributed by atoms with Crippen molar-refractivity contribution < 1.29 is 8.42 Å². The van der Waals surface area contributed by atoms with Crippen LogP contribution in [0.25, 0.3) is 22.2 Å². The summed E-state index contributed by atoms with van der Waals surface area (Å²) in [7, 11) is -3.76. The molecule has 1 aromatic heterocycles. The second-order valence-corrected chi connectivity index (χ2v) is 8.26. The van der Waals surface area contributed by atoms with E-state index in [2.05, 4.69) is 15.9 Å². The smallest absolute Gasteiger partial charge is 0.233 e. The van der Waals surface area contributed by atoms with Gasteiger partial charge in [-0.3, -0.25) is 0 Å². The molecule has 4 aromatic rings. The molecule has 5 heteroatoms. The van der Waals surface area contributed by atoms with Crippen LogP contribution in [0.5, 0.6) is 0 Å². The van der Waals surface area contributed by atoms with Gasteiger partial charge in [0.05, 0.1) is 11.2 Å². The predicted molar refractivity (Wildman–Crippen MR) is 104 cm³/mol. The van der Waals surface area contributed by atoms with Gasteiger partial charge in [-0.05, 0) is 45.8 Å². The van der Waals surface area contributed by atoms with Crippen LogP contribution in [0.4, 0.5) is 0 Å². The fourth-order valence-corrected chi connectivity index (χ4v) is 5.45. The highest BCUT2D eigenvalue weighted by molar-refractivity contribution is 9.10. The van der Waals surface area contributed by atoms with Crippen molar-refractivity contribution in [2.45, 2.75) is 4.90 Å². The molecule has 0 atom stereocenters. The van der Waals surface area contributed by atoms with Gasteiger partial charge in [-0.15, -0.1) is 0 Å². The third-order valence-corrected chi connectivity index (χ3v) is 6.83. The molecule has 0 unspecified atom stereocenters. The predicted octanol–water partition coefficient (Wildman–Crippen LogP) is 5.31. The average molecular weight is 412 g/mol. The zero-order valence-corrected chi connectivity index (χ0v) is 15.5. The number of hydrogen-bond acceptors (Lipinski definition) is 2. The quantitative estimate of drug-likeness (QED) is 0.458. The van der Waals surface area contributed by atoms with Crippen LogP contribution in [-0.4, -0.2) is 12.4 Å². The lowest BCUT2D eigenvalue weighted by atomic mass is 10.1. The maximum Gasteiger partial charge on any atom is 0.269 e. The van der Waals surface area contributed by atoms with Gasteiger partial charge in [0, 0.05) is 9.86 Å². The molecule has 0 bridgehead atoms. The van der Waals surface area contributed by atoms with E-state index in [4.69, 9.17) is 0 Å². The Kier molecular flexibility index (Phi) is 3.98. The number of rotatable bonds is 3. The molecular weight excluding hydrogens is 398 g/mol. The maximum absolute atomic E-state index is 13.5. The van der Waals surface area contributed by atoms with Crippen LogP contribution in [0.2, 0.25) is 0 Å². The van der Waals surface area contributed by atoms with Crippen LogP contribution in [0, 0.1) is 0 Å². The number of hydrogen-bond donors (Lipinski definition) is 0. The molecule has 25 heavy (non-hydrogen) atoms. The summed E-state index contributed by atoms with van der Waals surface area (Å²) in [6.07, 6.45) is 0. The SMILES string of the molecule is O=S(=O)(c1ccccc1Br)n1c(-c2ccccc2)cc2ccccc21. The minimum absolute atomic E-state index is 0.244. The van der Waals surface area contributed by atoms with E-state index in [-0.39, 0.29) is 4.90 Å². The summed E-state index contributed by atoms with van der Waals surface area (Å²) in [6.45, 7) is 0.